The molecule has 1 aliphatic rings. The molecule has 0 bridgehead atoms. The fourth-order valence-corrected chi connectivity index (χ4v) is 3.56. The van der Waals surface area contributed by atoms with Gasteiger partial charge in [-0.2, -0.15) is 0 Å². The Morgan fingerprint density at radius 3 is 2.80 bits per heavy atom. The van der Waals surface area contributed by atoms with Crippen LogP contribution in [0.2, 0.25) is 5.02 Å². The van der Waals surface area contributed by atoms with E-state index < -0.39 is 9.84 Å². The lowest BCUT2D eigenvalue weighted by Gasteiger charge is -2.12. The van der Waals surface area contributed by atoms with Gasteiger partial charge in [-0.25, -0.2) is 8.42 Å². The topological polar surface area (TPSA) is 71.3 Å². The summed E-state index contributed by atoms with van der Waals surface area (Å²) in [5.74, 6) is 0. The predicted octanol–water partition coefficient (Wildman–Crippen LogP) is 2.63. The first kappa shape index (κ1) is 13.1. The first-order valence-corrected chi connectivity index (χ1v) is 7.68. The summed E-state index contributed by atoms with van der Waals surface area (Å²) >= 11 is 5.93. The van der Waals surface area contributed by atoms with E-state index in [0.717, 1.165) is 0 Å². The number of allylic oxidation sites excluding steroid dienone is 2. The van der Waals surface area contributed by atoms with Crippen LogP contribution >= 0.6 is 11.6 Å². The van der Waals surface area contributed by atoms with Crippen LogP contribution in [-0.4, -0.2) is 8.42 Å². The van der Waals surface area contributed by atoms with E-state index in [1.54, 1.807) is 37.4 Å². The Labute approximate surface area is 120 Å². The number of rotatable bonds is 2. The molecule has 2 heterocycles. The minimum absolute atomic E-state index is 0.0354. The summed E-state index contributed by atoms with van der Waals surface area (Å²) < 4.78 is 30.6. The maximum atomic E-state index is 12.5. The first-order chi connectivity index (χ1) is 9.50. The third-order valence-electron chi connectivity index (χ3n) is 3.01. The van der Waals surface area contributed by atoms with Crippen molar-refractivity contribution in [3.63, 3.8) is 0 Å². The van der Waals surface area contributed by atoms with Gasteiger partial charge < -0.3 is 9.84 Å². The zero-order valence-electron chi connectivity index (χ0n) is 10.5. The standard InChI is InChI=1S/C13H11ClN2O3S/c1-8-10-7-9(14)4-5-11(10)19-13(8)20(17,18)12-3-2-6-15-16-12/h2-7,15-16H,1H3. The van der Waals surface area contributed by atoms with E-state index in [1.807, 2.05) is 0 Å². The number of sulfone groups is 1. The van der Waals surface area contributed by atoms with Crippen LogP contribution in [0.5, 0.6) is 0 Å². The fourth-order valence-electron chi connectivity index (χ4n) is 2.02. The number of halogens is 1. The van der Waals surface area contributed by atoms with Crippen LogP contribution < -0.4 is 10.9 Å². The molecule has 7 heteroatoms. The van der Waals surface area contributed by atoms with Gasteiger partial charge in [0.05, 0.1) is 0 Å². The van der Waals surface area contributed by atoms with Crippen LogP contribution in [0.15, 0.2) is 51.1 Å². The Morgan fingerprint density at radius 1 is 1.30 bits per heavy atom. The lowest BCUT2D eigenvalue weighted by atomic mass is 10.2. The molecule has 0 fully saturated rings. The number of hydrogen-bond acceptors (Lipinski definition) is 5. The summed E-state index contributed by atoms with van der Waals surface area (Å²) in [7, 11) is -3.74. The molecule has 0 atom stereocenters. The third-order valence-corrected chi connectivity index (χ3v) is 4.94. The zero-order valence-corrected chi connectivity index (χ0v) is 12.0. The average molecular weight is 311 g/mol. The SMILES string of the molecule is Cc1c(S(=O)(=O)C2=CC=CNN2)oc2ccc(Cl)cc12. The highest BCUT2D eigenvalue weighted by Gasteiger charge is 2.28. The highest BCUT2D eigenvalue weighted by molar-refractivity contribution is 7.95. The van der Waals surface area contributed by atoms with Crippen molar-refractivity contribution in [2.45, 2.75) is 12.0 Å². The van der Waals surface area contributed by atoms with Crippen LogP contribution in [0.3, 0.4) is 0 Å². The number of furan rings is 1. The lowest BCUT2D eigenvalue weighted by Crippen LogP contribution is -2.32. The first-order valence-electron chi connectivity index (χ1n) is 5.82. The molecule has 20 heavy (non-hydrogen) atoms. The average Bonchev–Trinajstić information content (AvgIpc) is 2.78. The largest absolute Gasteiger partial charge is 0.444 e. The van der Waals surface area contributed by atoms with Gasteiger partial charge in [-0.3, -0.25) is 5.43 Å². The second kappa shape index (κ2) is 4.57. The van der Waals surface area contributed by atoms with Gasteiger partial charge in [-0.1, -0.05) is 11.6 Å². The normalized spacial score (nSPS) is 14.8. The van der Waals surface area contributed by atoms with Gasteiger partial charge in [0.25, 0.3) is 9.84 Å². The molecule has 104 valence electrons. The quantitative estimate of drug-likeness (QED) is 0.892. The van der Waals surface area contributed by atoms with Gasteiger partial charge in [0.15, 0.2) is 5.03 Å². The Kier molecular flexibility index (Phi) is 2.99. The second-order valence-electron chi connectivity index (χ2n) is 4.32. The number of benzene rings is 1. The maximum Gasteiger partial charge on any atom is 0.256 e. The molecule has 5 nitrogen and oxygen atoms in total. The molecular weight excluding hydrogens is 300 g/mol. The molecule has 2 N–H and O–H groups in total. The Hall–Kier alpha value is -1.92. The minimum Gasteiger partial charge on any atom is -0.444 e. The maximum absolute atomic E-state index is 12.5. The Bertz CT molecular complexity index is 850. The predicted molar refractivity (Wildman–Crippen MR) is 76.6 cm³/mol. The molecule has 0 unspecified atom stereocenters. The van der Waals surface area contributed by atoms with Gasteiger partial charge in [-0.15, -0.1) is 0 Å². The molecule has 0 amide bonds. The molecular formula is C13H11ClN2O3S. The molecule has 1 aromatic heterocycles. The molecule has 0 radical (unpaired) electrons. The summed E-state index contributed by atoms with van der Waals surface area (Å²) in [6, 6.07) is 5.01. The van der Waals surface area contributed by atoms with Gasteiger partial charge in [0.2, 0.25) is 5.09 Å². The summed E-state index contributed by atoms with van der Waals surface area (Å²) in [5.41, 5.74) is 6.26. The van der Waals surface area contributed by atoms with Crippen LogP contribution in [0, 0.1) is 6.92 Å². The van der Waals surface area contributed by atoms with Crippen molar-refractivity contribution in [3.05, 3.63) is 52.2 Å². The molecule has 1 aliphatic heterocycles. The summed E-state index contributed by atoms with van der Waals surface area (Å²) in [6.07, 6.45) is 4.65. The van der Waals surface area contributed by atoms with Crippen molar-refractivity contribution in [2.24, 2.45) is 0 Å². The summed E-state index contributed by atoms with van der Waals surface area (Å²) in [5, 5.41) is 1.18. The monoisotopic (exact) mass is 310 g/mol. The number of hydrazine groups is 1. The second-order valence-corrected chi connectivity index (χ2v) is 6.57. The van der Waals surface area contributed by atoms with Gasteiger partial charge in [-0.05, 0) is 37.3 Å². The minimum atomic E-state index is -3.74. The van der Waals surface area contributed by atoms with E-state index in [4.69, 9.17) is 16.0 Å². The summed E-state index contributed by atoms with van der Waals surface area (Å²) in [4.78, 5) is 0. The Balaban J connectivity index is 2.22. The smallest absolute Gasteiger partial charge is 0.256 e. The van der Waals surface area contributed by atoms with Crippen LogP contribution in [-0.2, 0) is 9.84 Å². The zero-order chi connectivity index (χ0) is 14.3. The molecule has 2 aromatic rings. The fraction of sp³-hybridized carbons (Fsp3) is 0.0769. The van der Waals surface area contributed by atoms with Crippen molar-refractivity contribution in [1.29, 1.82) is 0 Å². The molecule has 0 saturated heterocycles. The van der Waals surface area contributed by atoms with Crippen molar-refractivity contribution in [2.75, 3.05) is 0 Å². The van der Waals surface area contributed by atoms with Crippen LogP contribution in [0.4, 0.5) is 0 Å². The molecule has 3 rings (SSSR count). The third kappa shape index (κ3) is 1.97. The highest BCUT2D eigenvalue weighted by Crippen LogP contribution is 2.32. The number of nitrogens with one attached hydrogen (secondary N) is 2. The number of hydrogen-bond donors (Lipinski definition) is 2. The van der Waals surface area contributed by atoms with E-state index >= 15 is 0 Å². The van der Waals surface area contributed by atoms with Crippen LogP contribution in [0.25, 0.3) is 11.0 Å². The van der Waals surface area contributed by atoms with E-state index in [0.29, 0.717) is 21.6 Å². The van der Waals surface area contributed by atoms with E-state index in [2.05, 4.69) is 10.9 Å². The van der Waals surface area contributed by atoms with Gasteiger partial charge in [0, 0.05) is 22.2 Å². The van der Waals surface area contributed by atoms with E-state index in [-0.39, 0.29) is 10.1 Å². The van der Waals surface area contributed by atoms with Crippen molar-refractivity contribution >= 4 is 32.4 Å². The molecule has 0 spiro atoms. The van der Waals surface area contributed by atoms with Gasteiger partial charge >= 0.3 is 0 Å². The number of aryl methyl sites for hydroxylation is 1. The van der Waals surface area contributed by atoms with E-state index in [9.17, 15) is 8.42 Å². The molecule has 1 aromatic carbocycles. The Morgan fingerprint density at radius 2 is 2.10 bits per heavy atom. The van der Waals surface area contributed by atoms with Crippen molar-refractivity contribution < 1.29 is 12.8 Å². The highest BCUT2D eigenvalue weighted by atomic mass is 35.5. The van der Waals surface area contributed by atoms with E-state index in [1.165, 1.54) is 6.08 Å². The summed E-state index contributed by atoms with van der Waals surface area (Å²) in [6.45, 7) is 1.70. The lowest BCUT2D eigenvalue weighted by molar-refractivity contribution is 0.478. The van der Waals surface area contributed by atoms with Crippen molar-refractivity contribution in [1.82, 2.24) is 10.9 Å². The van der Waals surface area contributed by atoms with Gasteiger partial charge in [0.1, 0.15) is 5.58 Å². The molecule has 0 saturated carbocycles. The van der Waals surface area contributed by atoms with Crippen molar-refractivity contribution in [3.8, 4) is 0 Å². The molecule has 0 aliphatic carbocycles. The van der Waals surface area contributed by atoms with Crippen LogP contribution in [0.1, 0.15) is 5.56 Å². The number of fused-ring (bicyclic) bond motifs is 1.